The number of ether oxygens (including phenoxy) is 2. The third-order valence-corrected chi connectivity index (χ3v) is 3.64. The van der Waals surface area contributed by atoms with Crippen molar-refractivity contribution in [2.24, 2.45) is 0 Å². The Hall–Kier alpha value is -2.69. The fourth-order valence-electron chi connectivity index (χ4n) is 2.30. The average Bonchev–Trinajstić information content (AvgIpc) is 2.66. The van der Waals surface area contributed by atoms with Crippen LogP contribution in [0.2, 0.25) is 0 Å². The molecule has 2 aromatic rings. The van der Waals surface area contributed by atoms with Crippen molar-refractivity contribution in [1.82, 2.24) is 0 Å². The van der Waals surface area contributed by atoms with Gasteiger partial charge >= 0.3 is 0 Å². The summed E-state index contributed by atoms with van der Waals surface area (Å²) in [5, 5.41) is 5.99. The molecule has 1 amide bonds. The van der Waals surface area contributed by atoms with Gasteiger partial charge < -0.3 is 20.1 Å². The van der Waals surface area contributed by atoms with Gasteiger partial charge in [-0.15, -0.1) is 0 Å². The summed E-state index contributed by atoms with van der Waals surface area (Å²) in [7, 11) is 0. The molecule has 140 valence electrons. The maximum Gasteiger partial charge on any atom is 0.243 e. The van der Waals surface area contributed by atoms with Crippen molar-refractivity contribution in [1.29, 1.82) is 0 Å². The van der Waals surface area contributed by atoms with Gasteiger partial charge in [0.1, 0.15) is 11.5 Å². The fraction of sp³-hybridized carbons (Fsp3) is 0.381. The van der Waals surface area contributed by atoms with Gasteiger partial charge in [0.05, 0.1) is 19.8 Å². The molecule has 0 spiro atoms. The highest BCUT2D eigenvalue weighted by atomic mass is 16.5. The molecule has 0 radical (unpaired) electrons. The lowest BCUT2D eigenvalue weighted by Gasteiger charge is -2.11. The van der Waals surface area contributed by atoms with Crippen LogP contribution < -0.4 is 20.1 Å². The second kappa shape index (κ2) is 11.0. The molecule has 0 fully saturated rings. The van der Waals surface area contributed by atoms with E-state index in [1.807, 2.05) is 48.5 Å². The molecule has 0 saturated carbocycles. The zero-order valence-corrected chi connectivity index (χ0v) is 15.6. The van der Waals surface area contributed by atoms with Crippen LogP contribution in [0, 0.1) is 0 Å². The number of hydrogen-bond acceptors (Lipinski definition) is 4. The van der Waals surface area contributed by atoms with E-state index in [9.17, 15) is 4.79 Å². The SMILES string of the molecule is CCCCOc1cccc(NC(=O)CNc2cccc(OCCC)c2)c1. The molecule has 0 heterocycles. The first-order chi connectivity index (χ1) is 12.7. The molecular formula is C21H28N2O3. The van der Waals surface area contributed by atoms with Crippen molar-refractivity contribution in [3.63, 3.8) is 0 Å². The van der Waals surface area contributed by atoms with Crippen LogP contribution in [0.3, 0.4) is 0 Å². The van der Waals surface area contributed by atoms with E-state index in [-0.39, 0.29) is 12.5 Å². The Balaban J connectivity index is 1.82. The Morgan fingerprint density at radius 1 is 0.885 bits per heavy atom. The number of rotatable bonds is 11. The quantitative estimate of drug-likeness (QED) is 0.573. The third-order valence-electron chi connectivity index (χ3n) is 3.64. The topological polar surface area (TPSA) is 59.6 Å². The van der Waals surface area contributed by atoms with Gasteiger partial charge in [-0.3, -0.25) is 4.79 Å². The van der Waals surface area contributed by atoms with Crippen LogP contribution in [0.25, 0.3) is 0 Å². The number of hydrogen-bond donors (Lipinski definition) is 2. The summed E-state index contributed by atoms with van der Waals surface area (Å²) in [5.74, 6) is 1.45. The molecule has 5 heteroatoms. The van der Waals surface area contributed by atoms with Crippen molar-refractivity contribution in [2.75, 3.05) is 30.4 Å². The molecule has 2 N–H and O–H groups in total. The maximum atomic E-state index is 12.2. The number of carbonyl (C=O) groups excluding carboxylic acids is 1. The molecule has 0 aliphatic heterocycles. The molecule has 2 rings (SSSR count). The van der Waals surface area contributed by atoms with Gasteiger partial charge in [-0.05, 0) is 37.1 Å². The summed E-state index contributed by atoms with van der Waals surface area (Å²) in [4.78, 5) is 12.2. The minimum Gasteiger partial charge on any atom is -0.494 e. The van der Waals surface area contributed by atoms with Gasteiger partial charge in [0.2, 0.25) is 5.91 Å². The largest absolute Gasteiger partial charge is 0.494 e. The standard InChI is InChI=1S/C21H28N2O3/c1-3-5-13-26-20-11-7-9-18(15-20)23-21(24)16-22-17-8-6-10-19(14-17)25-12-4-2/h6-11,14-15,22H,3-5,12-13,16H2,1-2H3,(H,23,24). The molecule has 0 aliphatic carbocycles. The number of nitrogens with one attached hydrogen (secondary N) is 2. The predicted molar refractivity (Wildman–Crippen MR) is 106 cm³/mol. The minimum atomic E-state index is -0.115. The minimum absolute atomic E-state index is 0.115. The third kappa shape index (κ3) is 7.05. The molecule has 0 unspecified atom stereocenters. The predicted octanol–water partition coefficient (Wildman–Crippen LogP) is 4.70. The Kier molecular flexibility index (Phi) is 8.33. The molecule has 0 bridgehead atoms. The van der Waals surface area contributed by atoms with E-state index in [1.54, 1.807) is 0 Å². The van der Waals surface area contributed by atoms with Gasteiger partial charge in [-0.1, -0.05) is 32.4 Å². The second-order valence-corrected chi connectivity index (χ2v) is 6.01. The molecule has 0 saturated heterocycles. The van der Waals surface area contributed by atoms with Gasteiger partial charge in [0.25, 0.3) is 0 Å². The van der Waals surface area contributed by atoms with E-state index in [4.69, 9.17) is 9.47 Å². The van der Waals surface area contributed by atoms with Crippen LogP contribution in [-0.2, 0) is 4.79 Å². The lowest BCUT2D eigenvalue weighted by molar-refractivity contribution is -0.114. The monoisotopic (exact) mass is 356 g/mol. The first-order valence-corrected chi connectivity index (χ1v) is 9.20. The van der Waals surface area contributed by atoms with Crippen molar-refractivity contribution >= 4 is 17.3 Å². The normalized spacial score (nSPS) is 10.2. The fourth-order valence-corrected chi connectivity index (χ4v) is 2.30. The number of amides is 1. The van der Waals surface area contributed by atoms with E-state index < -0.39 is 0 Å². The van der Waals surface area contributed by atoms with Gasteiger partial charge in [0.15, 0.2) is 0 Å². The van der Waals surface area contributed by atoms with E-state index in [2.05, 4.69) is 24.5 Å². The molecule has 26 heavy (non-hydrogen) atoms. The zero-order valence-electron chi connectivity index (χ0n) is 15.6. The van der Waals surface area contributed by atoms with Crippen LogP contribution in [0.1, 0.15) is 33.1 Å². The van der Waals surface area contributed by atoms with Crippen molar-refractivity contribution < 1.29 is 14.3 Å². The second-order valence-electron chi connectivity index (χ2n) is 6.01. The summed E-state index contributed by atoms with van der Waals surface area (Å²) >= 11 is 0. The summed E-state index contributed by atoms with van der Waals surface area (Å²) < 4.78 is 11.3. The Morgan fingerprint density at radius 3 is 2.23 bits per heavy atom. The highest BCUT2D eigenvalue weighted by molar-refractivity contribution is 5.93. The molecule has 0 aromatic heterocycles. The van der Waals surface area contributed by atoms with Gasteiger partial charge in [-0.2, -0.15) is 0 Å². The van der Waals surface area contributed by atoms with E-state index in [0.717, 1.165) is 42.1 Å². The van der Waals surface area contributed by atoms with Crippen molar-refractivity contribution in [2.45, 2.75) is 33.1 Å². The van der Waals surface area contributed by atoms with Crippen molar-refractivity contribution in [3.05, 3.63) is 48.5 Å². The van der Waals surface area contributed by atoms with Crippen LogP contribution >= 0.6 is 0 Å². The lowest BCUT2D eigenvalue weighted by atomic mass is 10.3. The molecular weight excluding hydrogens is 328 g/mol. The van der Waals surface area contributed by atoms with E-state index >= 15 is 0 Å². The first-order valence-electron chi connectivity index (χ1n) is 9.20. The average molecular weight is 356 g/mol. The smallest absolute Gasteiger partial charge is 0.243 e. The van der Waals surface area contributed by atoms with Gasteiger partial charge in [-0.25, -0.2) is 0 Å². The van der Waals surface area contributed by atoms with Crippen LogP contribution in [0.5, 0.6) is 11.5 Å². The molecule has 0 atom stereocenters. The van der Waals surface area contributed by atoms with Crippen LogP contribution in [0.4, 0.5) is 11.4 Å². The Morgan fingerprint density at radius 2 is 1.54 bits per heavy atom. The number of benzene rings is 2. The highest BCUT2D eigenvalue weighted by Gasteiger charge is 2.04. The molecule has 5 nitrogen and oxygen atoms in total. The molecule has 2 aromatic carbocycles. The summed E-state index contributed by atoms with van der Waals surface area (Å²) in [6.07, 6.45) is 3.07. The summed E-state index contributed by atoms with van der Waals surface area (Å²) in [5.41, 5.74) is 1.58. The van der Waals surface area contributed by atoms with Crippen LogP contribution in [-0.4, -0.2) is 25.7 Å². The van der Waals surface area contributed by atoms with E-state index in [1.165, 1.54) is 0 Å². The summed E-state index contributed by atoms with van der Waals surface area (Å²) in [6.45, 7) is 5.74. The number of anilines is 2. The number of carbonyl (C=O) groups is 1. The Bertz CT molecular complexity index is 688. The zero-order chi connectivity index (χ0) is 18.6. The van der Waals surface area contributed by atoms with Crippen LogP contribution in [0.15, 0.2) is 48.5 Å². The van der Waals surface area contributed by atoms with E-state index in [0.29, 0.717) is 13.2 Å². The maximum absolute atomic E-state index is 12.2. The Labute approximate surface area is 155 Å². The summed E-state index contributed by atoms with van der Waals surface area (Å²) in [6, 6.07) is 15.1. The first kappa shape index (κ1) is 19.6. The molecule has 0 aliphatic rings. The highest BCUT2D eigenvalue weighted by Crippen LogP contribution is 2.19. The number of unbranched alkanes of at least 4 members (excludes halogenated alkanes) is 1. The van der Waals surface area contributed by atoms with Gasteiger partial charge in [0, 0.05) is 23.5 Å². The lowest BCUT2D eigenvalue weighted by Crippen LogP contribution is -2.21. The van der Waals surface area contributed by atoms with Crippen molar-refractivity contribution in [3.8, 4) is 11.5 Å².